The van der Waals surface area contributed by atoms with Crippen LogP contribution in [-0.4, -0.2) is 9.08 Å². The van der Waals surface area contributed by atoms with E-state index in [0.717, 1.165) is 0 Å². The Balaban J connectivity index is 3.94. The molecule has 0 spiro atoms. The second kappa shape index (κ2) is 2.06. The summed E-state index contributed by atoms with van der Waals surface area (Å²) in [6.45, 7) is 0. The van der Waals surface area contributed by atoms with Crippen molar-refractivity contribution < 1.29 is 16.0 Å². The van der Waals surface area contributed by atoms with Gasteiger partial charge in [-0.05, 0) is 0 Å². The summed E-state index contributed by atoms with van der Waals surface area (Å²) in [7, 11) is 0. The molecule has 4 nitrogen and oxygen atoms in total. The highest BCUT2D eigenvalue weighted by Crippen LogP contribution is 2.01. The van der Waals surface area contributed by atoms with E-state index in [1.807, 2.05) is 0 Å². The van der Waals surface area contributed by atoms with E-state index in [4.69, 9.17) is 9.90 Å². The first-order chi connectivity index (χ1) is 2.64. The maximum Gasteiger partial charge on any atom is 0.430 e. The third-order valence-electron chi connectivity index (χ3n) is 0.132. The standard InChI is InChI=1S/CHIO4/c3-1(4)2(5)6/h(H,3,4). The van der Waals surface area contributed by atoms with Crippen LogP contribution in [0.15, 0.2) is 0 Å². The Morgan fingerprint density at radius 1 is 1.50 bits per heavy atom. The number of halogens is 1. The average Bonchev–Trinajstić information content (AvgIpc) is 1.36. The van der Waals surface area contributed by atoms with Gasteiger partial charge in [-0.1, -0.05) is 0 Å². The van der Waals surface area contributed by atoms with Gasteiger partial charge < -0.3 is 5.11 Å². The van der Waals surface area contributed by atoms with Crippen molar-refractivity contribution in [1.29, 1.82) is 0 Å². The molecular formula is CHIO4. The Labute approximate surface area is 40.3 Å². The van der Waals surface area contributed by atoms with Gasteiger partial charge in [0.2, 0.25) is 0 Å². The molecule has 0 aromatic rings. The minimum atomic E-state index is -3.97. The molecule has 1 N–H and O–H groups in total. The zero-order valence-corrected chi connectivity index (χ0v) is 4.71. The molecule has 0 unspecified atom stereocenters. The topological polar surface area (TPSA) is 71.4 Å². The maximum absolute atomic E-state index is 9.23. The molecule has 0 rings (SSSR count). The first-order valence-electron chi connectivity index (χ1n) is 0.925. The summed E-state index contributed by atoms with van der Waals surface area (Å²) in [5.74, 6) is 0. The largest absolute Gasteiger partial charge is 0.470 e. The number of carbonyl (C=O) groups is 1. The van der Waals surface area contributed by atoms with Crippen LogP contribution in [0.1, 0.15) is 0 Å². The van der Waals surface area contributed by atoms with E-state index in [-0.39, 0.29) is 0 Å². The number of hydrogen-bond donors (Lipinski definition) is 1. The van der Waals surface area contributed by atoms with Gasteiger partial charge in [-0.3, -0.25) is 0 Å². The van der Waals surface area contributed by atoms with Crippen molar-refractivity contribution in [3.63, 3.8) is 0 Å². The Bertz CT molecular complexity index is 114. The van der Waals surface area contributed by atoms with Gasteiger partial charge in [0.05, 0.1) is 0 Å². The van der Waals surface area contributed by atoms with Crippen molar-refractivity contribution in [2.24, 2.45) is 0 Å². The summed E-state index contributed by atoms with van der Waals surface area (Å²) in [6.07, 6.45) is 0. The van der Waals surface area contributed by atoms with Crippen LogP contribution < -0.4 is 0 Å². The fourth-order valence-corrected chi connectivity index (χ4v) is 0. The summed E-state index contributed by atoms with van der Waals surface area (Å²) in [5, 5.41) is 7.44. The fourth-order valence-electron chi connectivity index (χ4n) is 0. The molecule has 0 heterocycles. The van der Waals surface area contributed by atoms with Crippen molar-refractivity contribution in [1.82, 2.24) is 0 Å². The highest BCUT2D eigenvalue weighted by Gasteiger charge is 1.98. The molecule has 0 atom stereocenters. The predicted octanol–water partition coefficient (Wildman–Crippen LogP) is 0.862. The Morgan fingerprint density at radius 3 is 1.67 bits per heavy atom. The number of carboxylic acid groups (broad SMARTS) is 1. The summed E-state index contributed by atoms with van der Waals surface area (Å²) >= 11 is -3.97. The lowest BCUT2D eigenvalue weighted by atomic mass is 11.7. The van der Waals surface area contributed by atoms with Crippen LogP contribution in [0.3, 0.4) is 0 Å². The van der Waals surface area contributed by atoms with E-state index in [1.165, 1.54) is 0 Å². The fraction of sp³-hybridized carbons (Fsp3) is 0. The first-order valence-corrected chi connectivity index (χ1v) is 3.77. The smallest absolute Gasteiger partial charge is 0.430 e. The van der Waals surface area contributed by atoms with Gasteiger partial charge in [0.15, 0.2) is 0 Å². The highest BCUT2D eigenvalue weighted by molar-refractivity contribution is 14.2. The molecule has 0 saturated heterocycles. The quantitative estimate of drug-likeness (QED) is 0.507. The van der Waals surface area contributed by atoms with Crippen LogP contribution in [0.2, 0.25) is 0 Å². The van der Waals surface area contributed by atoms with Crippen LogP contribution in [0.4, 0.5) is 4.79 Å². The predicted molar refractivity (Wildman–Crippen MR) is 23.4 cm³/mol. The highest BCUT2D eigenvalue weighted by atomic mass is 127. The van der Waals surface area contributed by atoms with Gasteiger partial charge in [0, 0.05) is 0 Å². The van der Waals surface area contributed by atoms with Crippen LogP contribution in [0.25, 0.3) is 0 Å². The molecule has 0 saturated carbocycles. The van der Waals surface area contributed by atoms with Crippen LogP contribution in [0.5, 0.6) is 0 Å². The SMILES string of the molecule is O=C(O)I(=O)=O. The molecular weight excluding hydrogens is 203 g/mol. The Hall–Kier alpha value is -0.200. The molecule has 0 radical (unpaired) electrons. The van der Waals surface area contributed by atoms with Gasteiger partial charge in [-0.25, -0.2) is 10.9 Å². The van der Waals surface area contributed by atoms with Gasteiger partial charge in [-0.2, -0.15) is 0 Å². The molecule has 5 heteroatoms. The monoisotopic (exact) mass is 204 g/mol. The van der Waals surface area contributed by atoms with Gasteiger partial charge >= 0.3 is 23.8 Å². The molecule has 0 aliphatic rings. The second-order valence-electron chi connectivity index (χ2n) is 0.470. The molecule has 0 aromatic carbocycles. The molecule has 36 valence electrons. The summed E-state index contributed by atoms with van der Waals surface area (Å²) in [5.41, 5.74) is 0. The van der Waals surface area contributed by atoms with Gasteiger partial charge in [0.1, 0.15) is 0 Å². The minimum absolute atomic E-state index is 1.70. The van der Waals surface area contributed by atoms with E-state index >= 15 is 0 Å². The van der Waals surface area contributed by atoms with E-state index in [9.17, 15) is 6.14 Å². The minimum Gasteiger partial charge on any atom is -0.470 e. The molecule has 0 aliphatic carbocycles. The van der Waals surface area contributed by atoms with Crippen molar-refractivity contribution in [2.75, 3.05) is 0 Å². The third kappa shape index (κ3) is 2.06. The number of hydrogen-bond acceptors (Lipinski definition) is 3. The molecule has 0 amide bonds. The van der Waals surface area contributed by atoms with E-state index in [1.54, 1.807) is 0 Å². The van der Waals surface area contributed by atoms with Crippen molar-refractivity contribution in [3.05, 3.63) is 0 Å². The molecule has 0 aliphatic heterocycles. The van der Waals surface area contributed by atoms with Crippen LogP contribution >= 0.6 is 19.8 Å². The second-order valence-corrected chi connectivity index (χ2v) is 2.63. The van der Waals surface area contributed by atoms with Crippen LogP contribution in [-0.2, 0) is 6.14 Å². The normalized spacial score (nSPS) is 8.83. The number of rotatable bonds is 1. The average molecular weight is 204 g/mol. The molecule has 6 heavy (non-hydrogen) atoms. The van der Waals surface area contributed by atoms with E-state index in [2.05, 4.69) is 0 Å². The Kier molecular flexibility index (Phi) is 1.99. The molecule has 0 fully saturated rings. The van der Waals surface area contributed by atoms with Crippen molar-refractivity contribution in [2.45, 2.75) is 0 Å². The zero-order valence-electron chi connectivity index (χ0n) is 2.55. The van der Waals surface area contributed by atoms with E-state index in [0.29, 0.717) is 0 Å². The van der Waals surface area contributed by atoms with Crippen molar-refractivity contribution >= 4 is 23.8 Å². The summed E-state index contributed by atoms with van der Waals surface area (Å²) < 4.78 is 16.8. The maximum atomic E-state index is 9.23. The third-order valence-corrected chi connectivity index (χ3v) is 0.885. The van der Waals surface area contributed by atoms with Gasteiger partial charge in [0.25, 0.3) is 0 Å². The lowest BCUT2D eigenvalue weighted by molar-refractivity contribution is 0.225. The summed E-state index contributed by atoms with van der Waals surface area (Å²) in [4.78, 5) is 9.14. The summed E-state index contributed by atoms with van der Waals surface area (Å²) in [6, 6.07) is 0. The van der Waals surface area contributed by atoms with Crippen LogP contribution in [0, 0.1) is 0 Å². The van der Waals surface area contributed by atoms with E-state index < -0.39 is 23.8 Å². The molecule has 0 aromatic heterocycles. The Morgan fingerprint density at radius 2 is 1.67 bits per heavy atom. The van der Waals surface area contributed by atoms with Crippen molar-refractivity contribution in [3.8, 4) is 0 Å². The lowest BCUT2D eigenvalue weighted by Gasteiger charge is -1.60. The van der Waals surface area contributed by atoms with Gasteiger partial charge in [-0.15, -0.1) is 0 Å². The first kappa shape index (κ1) is 5.80. The zero-order chi connectivity index (χ0) is 5.15. The molecule has 0 bridgehead atoms. The lowest BCUT2D eigenvalue weighted by Crippen LogP contribution is -1.71.